The van der Waals surface area contributed by atoms with E-state index in [0.29, 0.717) is 28.9 Å². The molecule has 1 aromatic rings. The van der Waals surface area contributed by atoms with Gasteiger partial charge >= 0.3 is 0 Å². The molecule has 0 saturated heterocycles. The van der Waals surface area contributed by atoms with Crippen molar-refractivity contribution in [3.63, 3.8) is 0 Å². The smallest absolute Gasteiger partial charge is 0.150 e. The highest BCUT2D eigenvalue weighted by molar-refractivity contribution is 9.09. The summed E-state index contributed by atoms with van der Waals surface area (Å²) in [4.78, 5) is 10.5. The molecule has 0 radical (unpaired) electrons. The SMILES string of the molecule is CCC(CBr)COc1ccc(C=O)cc1Cl. The van der Waals surface area contributed by atoms with Crippen molar-refractivity contribution in [1.29, 1.82) is 0 Å². The third-order valence-corrected chi connectivity index (χ3v) is 3.57. The number of hydrogen-bond donors (Lipinski definition) is 0. The molecule has 0 saturated carbocycles. The Morgan fingerprint density at radius 1 is 1.56 bits per heavy atom. The number of halogens is 2. The molecule has 0 bridgehead atoms. The summed E-state index contributed by atoms with van der Waals surface area (Å²) in [5.74, 6) is 1.11. The van der Waals surface area contributed by atoms with E-state index >= 15 is 0 Å². The van der Waals surface area contributed by atoms with Crippen LogP contribution in [-0.2, 0) is 0 Å². The number of benzene rings is 1. The molecule has 1 rings (SSSR count). The molecule has 4 heteroatoms. The van der Waals surface area contributed by atoms with Gasteiger partial charge < -0.3 is 4.74 Å². The van der Waals surface area contributed by atoms with E-state index in [2.05, 4.69) is 22.9 Å². The van der Waals surface area contributed by atoms with Crippen LogP contribution in [-0.4, -0.2) is 18.2 Å². The molecule has 0 heterocycles. The molecule has 0 aliphatic rings. The zero-order valence-electron chi connectivity index (χ0n) is 9.08. The fraction of sp³-hybridized carbons (Fsp3) is 0.417. The van der Waals surface area contributed by atoms with Gasteiger partial charge in [-0.25, -0.2) is 0 Å². The van der Waals surface area contributed by atoms with Gasteiger partial charge in [0.1, 0.15) is 12.0 Å². The van der Waals surface area contributed by atoms with Crippen LogP contribution >= 0.6 is 27.5 Å². The monoisotopic (exact) mass is 304 g/mol. The second-order valence-corrected chi connectivity index (χ2v) is 4.60. The molecule has 0 aromatic heterocycles. The number of carbonyl (C=O) groups excluding carboxylic acids is 1. The number of alkyl halides is 1. The Kier molecular flexibility index (Phi) is 5.85. The zero-order chi connectivity index (χ0) is 12.0. The maximum atomic E-state index is 10.5. The highest BCUT2D eigenvalue weighted by Gasteiger charge is 2.07. The maximum absolute atomic E-state index is 10.5. The number of carbonyl (C=O) groups is 1. The highest BCUT2D eigenvalue weighted by atomic mass is 79.9. The Balaban J connectivity index is 2.63. The molecule has 0 N–H and O–H groups in total. The van der Waals surface area contributed by atoms with E-state index in [-0.39, 0.29) is 0 Å². The first-order chi connectivity index (χ1) is 7.71. The molecular weight excluding hydrogens is 291 g/mol. The van der Waals surface area contributed by atoms with Crippen molar-refractivity contribution < 1.29 is 9.53 Å². The van der Waals surface area contributed by atoms with Crippen LogP contribution in [0, 0.1) is 5.92 Å². The topological polar surface area (TPSA) is 26.3 Å². The molecule has 88 valence electrons. The van der Waals surface area contributed by atoms with Crippen LogP contribution in [0.1, 0.15) is 23.7 Å². The van der Waals surface area contributed by atoms with Crippen LogP contribution in [0.3, 0.4) is 0 Å². The van der Waals surface area contributed by atoms with E-state index in [1.165, 1.54) is 0 Å². The van der Waals surface area contributed by atoms with Crippen molar-refractivity contribution in [2.24, 2.45) is 5.92 Å². The van der Waals surface area contributed by atoms with Gasteiger partial charge in [0.15, 0.2) is 0 Å². The molecule has 1 aromatic carbocycles. The number of aldehydes is 1. The molecule has 16 heavy (non-hydrogen) atoms. The third-order valence-electron chi connectivity index (χ3n) is 2.36. The quantitative estimate of drug-likeness (QED) is 0.587. The predicted molar refractivity (Wildman–Crippen MR) is 69.9 cm³/mol. The van der Waals surface area contributed by atoms with Crippen LogP contribution in [0.25, 0.3) is 0 Å². The molecule has 0 aliphatic heterocycles. The molecule has 0 spiro atoms. The second-order valence-electron chi connectivity index (χ2n) is 3.55. The number of rotatable bonds is 6. The fourth-order valence-electron chi connectivity index (χ4n) is 1.19. The molecule has 1 atom stereocenters. The fourth-order valence-corrected chi connectivity index (χ4v) is 2.07. The zero-order valence-corrected chi connectivity index (χ0v) is 11.4. The van der Waals surface area contributed by atoms with Gasteiger partial charge in [0.2, 0.25) is 0 Å². The van der Waals surface area contributed by atoms with Gasteiger partial charge in [-0.15, -0.1) is 0 Å². The normalized spacial score (nSPS) is 12.2. The van der Waals surface area contributed by atoms with Gasteiger partial charge in [-0.05, 0) is 24.6 Å². The van der Waals surface area contributed by atoms with E-state index < -0.39 is 0 Å². The third kappa shape index (κ3) is 3.80. The molecule has 0 aliphatic carbocycles. The predicted octanol–water partition coefficient (Wildman–Crippen LogP) is 3.95. The first kappa shape index (κ1) is 13.5. The number of ether oxygens (including phenoxy) is 1. The Bertz CT molecular complexity index is 351. The van der Waals surface area contributed by atoms with Crippen LogP contribution in [0.2, 0.25) is 5.02 Å². The van der Waals surface area contributed by atoms with Crippen molar-refractivity contribution in [3.05, 3.63) is 28.8 Å². The minimum Gasteiger partial charge on any atom is -0.492 e. The Morgan fingerprint density at radius 3 is 2.81 bits per heavy atom. The standard InChI is InChI=1S/C12H14BrClO2/c1-2-9(6-13)8-16-12-4-3-10(7-15)5-11(12)14/h3-5,7,9H,2,6,8H2,1H3. The second kappa shape index (κ2) is 6.92. The Morgan fingerprint density at radius 2 is 2.31 bits per heavy atom. The summed E-state index contributed by atoms with van der Waals surface area (Å²) in [5.41, 5.74) is 0.560. The Labute approximate surface area is 109 Å². The summed E-state index contributed by atoms with van der Waals surface area (Å²) < 4.78 is 5.60. The molecule has 0 fully saturated rings. The summed E-state index contributed by atoms with van der Waals surface area (Å²) in [6.45, 7) is 2.74. The van der Waals surface area contributed by atoms with Gasteiger partial charge in [-0.1, -0.05) is 34.5 Å². The molecular formula is C12H14BrClO2. The van der Waals surface area contributed by atoms with Gasteiger partial charge in [0, 0.05) is 16.8 Å². The van der Waals surface area contributed by atoms with Crippen LogP contribution in [0.5, 0.6) is 5.75 Å². The summed E-state index contributed by atoms with van der Waals surface area (Å²) in [5, 5.41) is 1.39. The molecule has 2 nitrogen and oxygen atoms in total. The first-order valence-corrected chi connectivity index (χ1v) is 6.64. The van der Waals surface area contributed by atoms with E-state index in [0.717, 1.165) is 18.0 Å². The van der Waals surface area contributed by atoms with Crippen molar-refractivity contribution in [2.75, 3.05) is 11.9 Å². The van der Waals surface area contributed by atoms with Crippen molar-refractivity contribution in [2.45, 2.75) is 13.3 Å². The number of hydrogen-bond acceptors (Lipinski definition) is 2. The lowest BCUT2D eigenvalue weighted by atomic mass is 10.1. The van der Waals surface area contributed by atoms with Gasteiger partial charge in [-0.3, -0.25) is 4.79 Å². The van der Waals surface area contributed by atoms with Gasteiger partial charge in [-0.2, -0.15) is 0 Å². The van der Waals surface area contributed by atoms with Crippen LogP contribution < -0.4 is 4.74 Å². The van der Waals surface area contributed by atoms with E-state index in [9.17, 15) is 4.79 Å². The van der Waals surface area contributed by atoms with Crippen molar-refractivity contribution in [1.82, 2.24) is 0 Å². The lowest BCUT2D eigenvalue weighted by Gasteiger charge is -2.14. The van der Waals surface area contributed by atoms with E-state index in [1.807, 2.05) is 0 Å². The Hall–Kier alpha value is -0.540. The molecule has 0 amide bonds. The van der Waals surface area contributed by atoms with E-state index in [1.54, 1.807) is 18.2 Å². The van der Waals surface area contributed by atoms with E-state index in [4.69, 9.17) is 16.3 Å². The lowest BCUT2D eigenvalue weighted by molar-refractivity contribution is 0.112. The van der Waals surface area contributed by atoms with Crippen molar-refractivity contribution in [3.8, 4) is 5.75 Å². The average Bonchev–Trinajstić information content (AvgIpc) is 2.32. The summed E-state index contributed by atoms with van der Waals surface area (Å²) in [6.07, 6.45) is 1.82. The van der Waals surface area contributed by atoms with Crippen molar-refractivity contribution >= 4 is 33.8 Å². The maximum Gasteiger partial charge on any atom is 0.150 e. The van der Waals surface area contributed by atoms with Gasteiger partial charge in [0.25, 0.3) is 0 Å². The van der Waals surface area contributed by atoms with Crippen LogP contribution in [0.15, 0.2) is 18.2 Å². The minimum atomic E-state index is 0.474. The van der Waals surface area contributed by atoms with Gasteiger partial charge in [0.05, 0.1) is 11.6 Å². The summed E-state index contributed by atoms with van der Waals surface area (Å²) in [7, 11) is 0. The van der Waals surface area contributed by atoms with Crippen LogP contribution in [0.4, 0.5) is 0 Å². The lowest BCUT2D eigenvalue weighted by Crippen LogP contribution is -2.12. The summed E-state index contributed by atoms with van der Waals surface area (Å²) in [6, 6.07) is 5.04. The highest BCUT2D eigenvalue weighted by Crippen LogP contribution is 2.25. The molecule has 1 unspecified atom stereocenters. The largest absolute Gasteiger partial charge is 0.492 e. The minimum absolute atomic E-state index is 0.474. The summed E-state index contributed by atoms with van der Waals surface area (Å²) >= 11 is 9.41. The average molecular weight is 306 g/mol. The first-order valence-electron chi connectivity index (χ1n) is 5.14.